The van der Waals surface area contributed by atoms with E-state index in [0.29, 0.717) is 0 Å². The Morgan fingerprint density at radius 2 is 1.27 bits per heavy atom. The minimum absolute atomic E-state index is 0.0871. The van der Waals surface area contributed by atoms with Gasteiger partial charge < -0.3 is 14.7 Å². The van der Waals surface area contributed by atoms with Crippen LogP contribution in [0.4, 0.5) is 39.8 Å². The topological polar surface area (TPSA) is 9.72 Å². The van der Waals surface area contributed by atoms with Crippen LogP contribution in [0.3, 0.4) is 0 Å². The van der Waals surface area contributed by atoms with E-state index in [-0.39, 0.29) is 17.5 Å². The van der Waals surface area contributed by atoms with E-state index in [1.54, 1.807) is 0 Å². The molecule has 0 spiro atoms. The summed E-state index contributed by atoms with van der Waals surface area (Å²) in [6.07, 6.45) is 14.1. The van der Waals surface area contributed by atoms with E-state index >= 15 is 0 Å². The standard InChI is InChI=1S/C51H54BN3/c1-35-20-26-41(27-21-35)55-47-19-13-18-46-49(47)52(43-16-11-12-17-45(43)54(46)38-14-9-8-10-15-38)44-33-32-42(34-48(44)55)53(39-28-22-36(23-29-39)50(2,3)4)40-30-24-37(25-31-40)51(5,6)7/h11-14,16-24,26-30,32-34H,8-10,15,25,31H2,1-7H3. The maximum Gasteiger partial charge on any atom is 0.252 e. The molecule has 2 aliphatic carbocycles. The number of nitrogens with zero attached hydrogens (tertiary/aromatic N) is 3. The third kappa shape index (κ3) is 6.24. The van der Waals surface area contributed by atoms with E-state index in [9.17, 15) is 0 Å². The van der Waals surface area contributed by atoms with Gasteiger partial charge in [0.15, 0.2) is 0 Å². The highest BCUT2D eigenvalue weighted by molar-refractivity contribution is 7.00. The normalized spacial score (nSPS) is 16.4. The predicted molar refractivity (Wildman–Crippen MR) is 238 cm³/mol. The minimum Gasteiger partial charge on any atom is -0.315 e. The van der Waals surface area contributed by atoms with Gasteiger partial charge in [-0.25, -0.2) is 0 Å². The lowest BCUT2D eigenvalue weighted by molar-refractivity contribution is 0.479. The van der Waals surface area contributed by atoms with Gasteiger partial charge in [0.05, 0.1) is 0 Å². The highest BCUT2D eigenvalue weighted by Gasteiger charge is 2.43. The van der Waals surface area contributed by atoms with Gasteiger partial charge in [0.1, 0.15) is 0 Å². The Morgan fingerprint density at radius 3 is 1.95 bits per heavy atom. The molecule has 2 aliphatic heterocycles. The number of aryl methyl sites for hydroxylation is 1. The average Bonchev–Trinajstić information content (AvgIpc) is 3.18. The van der Waals surface area contributed by atoms with Crippen LogP contribution in [0.1, 0.15) is 91.2 Å². The van der Waals surface area contributed by atoms with E-state index in [1.165, 1.54) is 97.1 Å². The zero-order valence-electron chi connectivity index (χ0n) is 33.8. The third-order valence-corrected chi connectivity index (χ3v) is 12.4. The highest BCUT2D eigenvalue weighted by atomic mass is 15.2. The van der Waals surface area contributed by atoms with Crippen molar-refractivity contribution in [2.45, 2.75) is 92.4 Å². The number of hydrogen-bond donors (Lipinski definition) is 0. The molecule has 0 bridgehead atoms. The molecule has 0 saturated heterocycles. The third-order valence-electron chi connectivity index (χ3n) is 12.4. The fourth-order valence-electron chi connectivity index (χ4n) is 9.34. The Bertz CT molecular complexity index is 2370. The van der Waals surface area contributed by atoms with Crippen LogP contribution in [0.5, 0.6) is 0 Å². The summed E-state index contributed by atoms with van der Waals surface area (Å²) in [7, 11) is 0. The predicted octanol–water partition coefficient (Wildman–Crippen LogP) is 12.3. The van der Waals surface area contributed by atoms with Crippen molar-refractivity contribution >= 4 is 62.9 Å². The molecule has 5 aromatic carbocycles. The molecule has 55 heavy (non-hydrogen) atoms. The summed E-state index contributed by atoms with van der Waals surface area (Å²) < 4.78 is 0. The van der Waals surface area contributed by atoms with Gasteiger partial charge in [-0.1, -0.05) is 119 Å². The molecule has 276 valence electrons. The summed E-state index contributed by atoms with van der Waals surface area (Å²) in [4.78, 5) is 7.66. The molecular formula is C51H54BN3. The van der Waals surface area contributed by atoms with Crippen molar-refractivity contribution in [2.24, 2.45) is 5.41 Å². The summed E-state index contributed by atoms with van der Waals surface area (Å²) in [5, 5.41) is 0. The van der Waals surface area contributed by atoms with E-state index in [4.69, 9.17) is 0 Å². The van der Waals surface area contributed by atoms with Gasteiger partial charge in [0.2, 0.25) is 0 Å². The molecule has 0 atom stereocenters. The lowest BCUT2D eigenvalue weighted by Gasteiger charge is -2.45. The first-order valence-corrected chi connectivity index (χ1v) is 20.5. The number of rotatable bonds is 5. The second kappa shape index (κ2) is 13.5. The van der Waals surface area contributed by atoms with Crippen LogP contribution in [-0.4, -0.2) is 6.71 Å². The molecule has 4 heteroatoms. The van der Waals surface area contributed by atoms with Crippen molar-refractivity contribution in [1.82, 2.24) is 0 Å². The summed E-state index contributed by atoms with van der Waals surface area (Å²) in [6, 6.07) is 41.9. The van der Waals surface area contributed by atoms with Crippen molar-refractivity contribution in [3.05, 3.63) is 156 Å². The van der Waals surface area contributed by atoms with Gasteiger partial charge in [-0.05, 0) is 139 Å². The summed E-state index contributed by atoms with van der Waals surface area (Å²) in [6.45, 7) is 16.2. The van der Waals surface area contributed by atoms with Crippen LogP contribution in [0, 0.1) is 12.3 Å². The monoisotopic (exact) mass is 719 g/mol. The molecule has 3 nitrogen and oxygen atoms in total. The van der Waals surface area contributed by atoms with Gasteiger partial charge in [0.25, 0.3) is 6.71 Å². The Morgan fingerprint density at radius 1 is 0.582 bits per heavy atom. The van der Waals surface area contributed by atoms with Crippen LogP contribution in [-0.2, 0) is 5.41 Å². The van der Waals surface area contributed by atoms with E-state index in [1.807, 2.05) is 0 Å². The van der Waals surface area contributed by atoms with Gasteiger partial charge in [-0.2, -0.15) is 0 Å². The average molecular weight is 720 g/mol. The Kier molecular flexibility index (Phi) is 8.72. The number of anilines is 7. The molecule has 0 fully saturated rings. The first kappa shape index (κ1) is 35.5. The highest BCUT2D eigenvalue weighted by Crippen LogP contribution is 2.46. The fourth-order valence-corrected chi connectivity index (χ4v) is 9.34. The van der Waals surface area contributed by atoms with Crippen molar-refractivity contribution in [3.63, 3.8) is 0 Å². The number of fused-ring (bicyclic) bond motifs is 4. The molecule has 0 radical (unpaired) electrons. The van der Waals surface area contributed by atoms with E-state index in [2.05, 4.69) is 191 Å². The minimum atomic E-state index is 0.0871. The van der Waals surface area contributed by atoms with Gasteiger partial charge >= 0.3 is 0 Å². The first-order valence-electron chi connectivity index (χ1n) is 20.5. The molecule has 0 aromatic heterocycles. The Balaban J connectivity index is 1.27. The molecule has 2 heterocycles. The zero-order valence-corrected chi connectivity index (χ0v) is 33.8. The number of allylic oxidation sites excluding steroid dienone is 6. The number of benzene rings is 5. The second-order valence-electron chi connectivity index (χ2n) is 18.1. The Hall–Kier alpha value is -5.22. The van der Waals surface area contributed by atoms with E-state index in [0.717, 1.165) is 25.7 Å². The van der Waals surface area contributed by atoms with Crippen LogP contribution in [0.25, 0.3) is 0 Å². The van der Waals surface area contributed by atoms with Crippen LogP contribution in [0.15, 0.2) is 144 Å². The zero-order chi connectivity index (χ0) is 38.1. The number of hydrogen-bond acceptors (Lipinski definition) is 3. The summed E-state index contributed by atoms with van der Waals surface area (Å²) >= 11 is 0. The van der Waals surface area contributed by atoms with Crippen LogP contribution >= 0.6 is 0 Å². The number of para-hydroxylation sites is 1. The smallest absolute Gasteiger partial charge is 0.252 e. The van der Waals surface area contributed by atoms with E-state index < -0.39 is 0 Å². The van der Waals surface area contributed by atoms with Crippen LogP contribution < -0.4 is 31.1 Å². The second-order valence-corrected chi connectivity index (χ2v) is 18.1. The lowest BCUT2D eigenvalue weighted by Crippen LogP contribution is -2.61. The Labute approximate surface area is 329 Å². The van der Waals surface area contributed by atoms with Crippen LogP contribution in [0.2, 0.25) is 0 Å². The van der Waals surface area contributed by atoms with Crippen molar-refractivity contribution in [2.75, 3.05) is 14.7 Å². The molecule has 9 rings (SSSR count). The SMILES string of the molecule is Cc1ccc(N2c3cc(N(C4=CC=C(C(C)(C)C)CC4)c4ccc(C(C)(C)C)cc4)ccc3B3c4ccccc4N(C4=CCCCC4)c4cccc2c43)cc1. The van der Waals surface area contributed by atoms with Gasteiger partial charge in [-0.3, -0.25) is 0 Å². The van der Waals surface area contributed by atoms with Crippen molar-refractivity contribution in [1.29, 1.82) is 0 Å². The molecule has 0 unspecified atom stereocenters. The fraction of sp³-hybridized carbons (Fsp3) is 0.294. The quantitative estimate of drug-likeness (QED) is 0.164. The van der Waals surface area contributed by atoms with Crippen molar-refractivity contribution < 1.29 is 0 Å². The summed E-state index contributed by atoms with van der Waals surface area (Å²) in [5.74, 6) is 0. The van der Waals surface area contributed by atoms with Gasteiger partial charge in [-0.15, -0.1) is 0 Å². The summed E-state index contributed by atoms with van der Waals surface area (Å²) in [5.41, 5.74) is 20.0. The largest absolute Gasteiger partial charge is 0.315 e. The lowest BCUT2D eigenvalue weighted by atomic mass is 9.33. The maximum atomic E-state index is 2.59. The van der Waals surface area contributed by atoms with Gasteiger partial charge in [0, 0.05) is 51.2 Å². The first-order chi connectivity index (χ1) is 26.5. The molecule has 0 N–H and O–H groups in total. The molecule has 0 saturated carbocycles. The molecular weight excluding hydrogens is 665 g/mol. The maximum absolute atomic E-state index is 2.59. The van der Waals surface area contributed by atoms with Crippen molar-refractivity contribution in [3.8, 4) is 0 Å². The molecule has 4 aliphatic rings. The molecule has 0 amide bonds. The molecule has 5 aromatic rings.